The van der Waals surface area contributed by atoms with Crippen LogP contribution in [0.15, 0.2) is 0 Å². The highest BCUT2D eigenvalue weighted by molar-refractivity contribution is 6.07. The van der Waals surface area contributed by atoms with Crippen LogP contribution in [-0.2, 0) is 9.59 Å². The molecule has 2 spiro atoms. The number of carbonyl (C=O) groups is 4. The van der Waals surface area contributed by atoms with Gasteiger partial charge in [-0.2, -0.15) is 0 Å². The van der Waals surface area contributed by atoms with Crippen LogP contribution in [-0.4, -0.2) is 46.7 Å². The maximum absolute atomic E-state index is 11.6. The van der Waals surface area contributed by atoms with Gasteiger partial charge < -0.3 is 15.7 Å². The highest BCUT2D eigenvalue weighted by Gasteiger charge is 2.48. The molecule has 4 fully saturated rings. The number of amides is 6. The van der Waals surface area contributed by atoms with Crippen LogP contribution in [0.25, 0.3) is 0 Å². The lowest BCUT2D eigenvalue weighted by atomic mass is 9.76. The monoisotopic (exact) mass is 394 g/mol. The molecule has 0 aromatic carbocycles. The fraction of sp³-hybridized carbons (Fsp3) is 0.789. The van der Waals surface area contributed by atoms with E-state index in [0.717, 1.165) is 44.4 Å². The summed E-state index contributed by atoms with van der Waals surface area (Å²) in [5.41, 5.74) is -1.24. The van der Waals surface area contributed by atoms with Crippen LogP contribution in [0.2, 0.25) is 0 Å². The molecular formula is C19H30N4O5. The molecule has 2 saturated heterocycles. The lowest BCUT2D eigenvalue weighted by molar-refractivity contribution is -0.126. The highest BCUT2D eigenvalue weighted by Crippen LogP contribution is 2.35. The third-order valence-electron chi connectivity index (χ3n) is 6.78. The van der Waals surface area contributed by atoms with Crippen LogP contribution in [0.4, 0.5) is 9.59 Å². The molecule has 28 heavy (non-hydrogen) atoms. The third kappa shape index (κ3) is 3.99. The van der Waals surface area contributed by atoms with E-state index in [1.807, 2.05) is 0 Å². The number of hydrogen-bond acceptors (Lipinski definition) is 5. The molecule has 2 heterocycles. The summed E-state index contributed by atoms with van der Waals surface area (Å²) in [4.78, 5) is 45.1. The quantitative estimate of drug-likeness (QED) is 0.444. The van der Waals surface area contributed by atoms with E-state index in [0.29, 0.717) is 12.8 Å². The van der Waals surface area contributed by atoms with Crippen molar-refractivity contribution in [1.82, 2.24) is 21.3 Å². The third-order valence-corrected chi connectivity index (χ3v) is 6.78. The molecule has 2 aliphatic carbocycles. The molecule has 6 amide bonds. The Kier molecular flexibility index (Phi) is 5.92. The van der Waals surface area contributed by atoms with Gasteiger partial charge in [0.15, 0.2) is 0 Å². The Morgan fingerprint density at radius 2 is 1.18 bits per heavy atom. The Bertz CT molecular complexity index is 593. The zero-order valence-corrected chi connectivity index (χ0v) is 16.3. The minimum absolute atomic E-state index is 0.128. The largest absolute Gasteiger partial charge is 0.396 e. The predicted molar refractivity (Wildman–Crippen MR) is 100 cm³/mol. The number of carbonyl (C=O) groups excluding carboxylic acids is 4. The van der Waals surface area contributed by atoms with Crippen molar-refractivity contribution in [2.24, 2.45) is 11.8 Å². The minimum Gasteiger partial charge on any atom is -0.396 e. The average molecular weight is 394 g/mol. The summed E-state index contributed by atoms with van der Waals surface area (Å²) in [6.07, 6.45) is 7.71. The Morgan fingerprint density at radius 3 is 1.46 bits per heavy atom. The first kappa shape index (κ1) is 20.6. The van der Waals surface area contributed by atoms with Crippen molar-refractivity contribution in [1.29, 1.82) is 0 Å². The minimum atomic E-state index is -0.678. The predicted octanol–water partition coefficient (Wildman–Crippen LogP) is 0.912. The summed E-state index contributed by atoms with van der Waals surface area (Å²) in [6, 6.07) is -0.720. The van der Waals surface area contributed by atoms with E-state index in [1.54, 1.807) is 0 Å². The van der Waals surface area contributed by atoms with Gasteiger partial charge in [-0.15, -0.1) is 0 Å². The first-order valence-corrected chi connectivity index (χ1v) is 10.2. The van der Waals surface area contributed by atoms with Gasteiger partial charge in [-0.1, -0.05) is 13.3 Å². The van der Waals surface area contributed by atoms with Crippen LogP contribution in [0.5, 0.6) is 0 Å². The molecule has 4 aliphatic rings. The van der Waals surface area contributed by atoms with E-state index in [4.69, 9.17) is 5.11 Å². The zero-order valence-electron chi connectivity index (χ0n) is 16.3. The van der Waals surface area contributed by atoms with Crippen molar-refractivity contribution in [2.75, 3.05) is 6.61 Å². The second-order valence-corrected chi connectivity index (χ2v) is 8.46. The lowest BCUT2D eigenvalue weighted by Crippen LogP contribution is -2.49. The van der Waals surface area contributed by atoms with Crippen LogP contribution >= 0.6 is 0 Å². The molecule has 9 heteroatoms. The molecule has 4 rings (SSSR count). The molecule has 0 radical (unpaired) electrons. The fourth-order valence-corrected chi connectivity index (χ4v) is 4.69. The van der Waals surface area contributed by atoms with Gasteiger partial charge >= 0.3 is 12.1 Å². The molecule has 0 atom stereocenters. The van der Waals surface area contributed by atoms with Gasteiger partial charge in [0, 0.05) is 6.61 Å². The molecule has 156 valence electrons. The van der Waals surface area contributed by atoms with Gasteiger partial charge in [0.1, 0.15) is 11.1 Å². The van der Waals surface area contributed by atoms with Crippen molar-refractivity contribution < 1.29 is 24.3 Å². The number of aliphatic hydroxyl groups is 1. The van der Waals surface area contributed by atoms with E-state index >= 15 is 0 Å². The molecule has 0 aromatic rings. The van der Waals surface area contributed by atoms with Gasteiger partial charge in [-0.05, 0) is 63.2 Å². The van der Waals surface area contributed by atoms with E-state index < -0.39 is 17.1 Å². The average Bonchev–Trinajstić information content (AvgIpc) is 3.11. The Labute approximate surface area is 164 Å². The first-order valence-electron chi connectivity index (χ1n) is 10.2. The number of aliphatic hydroxyl groups excluding tert-OH is 1. The van der Waals surface area contributed by atoms with Crippen molar-refractivity contribution in [3.63, 3.8) is 0 Å². The smallest absolute Gasteiger partial charge is 0.322 e. The summed E-state index contributed by atoms with van der Waals surface area (Å²) in [7, 11) is 0. The van der Waals surface area contributed by atoms with E-state index in [9.17, 15) is 19.2 Å². The Morgan fingerprint density at radius 1 is 0.786 bits per heavy atom. The van der Waals surface area contributed by atoms with Crippen LogP contribution in [0, 0.1) is 11.8 Å². The van der Waals surface area contributed by atoms with Gasteiger partial charge in [-0.3, -0.25) is 20.2 Å². The summed E-state index contributed by atoms with van der Waals surface area (Å²) >= 11 is 0. The number of imide groups is 2. The molecule has 0 unspecified atom stereocenters. The molecular weight excluding hydrogens is 364 g/mol. The standard InChI is InChI=1S/C10H16N2O2.C9H14N2O3/c1-2-7-3-5-10(6-4-7)8(13)11-9(14)12-10;12-5-6-1-3-9(4-2-6)7(13)10-8(14)11-9/h7H,2-6H2,1H3,(H2,11,12,13,14);6,12H,1-5H2,(H2,10,11,13,14). The number of rotatable bonds is 2. The number of nitrogens with one attached hydrogen (secondary N) is 4. The molecule has 0 bridgehead atoms. The molecule has 9 nitrogen and oxygen atoms in total. The van der Waals surface area contributed by atoms with Crippen LogP contribution in [0.3, 0.4) is 0 Å². The molecule has 2 saturated carbocycles. The van der Waals surface area contributed by atoms with Crippen molar-refractivity contribution in [2.45, 2.75) is 75.8 Å². The van der Waals surface area contributed by atoms with Gasteiger partial charge in [0.2, 0.25) is 0 Å². The highest BCUT2D eigenvalue weighted by atomic mass is 16.3. The molecule has 0 aromatic heterocycles. The summed E-state index contributed by atoms with van der Waals surface area (Å²) in [5.74, 6) is 0.674. The molecule has 5 N–H and O–H groups in total. The fourth-order valence-electron chi connectivity index (χ4n) is 4.69. The Balaban J connectivity index is 0.000000161. The summed E-state index contributed by atoms with van der Waals surface area (Å²) in [5, 5.41) is 19.0. The first-order chi connectivity index (χ1) is 13.3. The second kappa shape index (κ2) is 8.06. The number of hydrogen-bond donors (Lipinski definition) is 5. The summed E-state index contributed by atoms with van der Waals surface area (Å²) < 4.78 is 0. The summed E-state index contributed by atoms with van der Waals surface area (Å²) in [6.45, 7) is 2.35. The van der Waals surface area contributed by atoms with E-state index in [2.05, 4.69) is 28.2 Å². The van der Waals surface area contributed by atoms with Gasteiger partial charge in [0.05, 0.1) is 0 Å². The van der Waals surface area contributed by atoms with E-state index in [1.165, 1.54) is 6.42 Å². The van der Waals surface area contributed by atoms with Gasteiger partial charge in [-0.25, -0.2) is 9.59 Å². The van der Waals surface area contributed by atoms with Crippen molar-refractivity contribution in [3.05, 3.63) is 0 Å². The van der Waals surface area contributed by atoms with Gasteiger partial charge in [0.25, 0.3) is 11.8 Å². The Hall–Kier alpha value is -2.16. The van der Waals surface area contributed by atoms with Crippen LogP contribution in [0.1, 0.15) is 64.7 Å². The normalized spacial score (nSPS) is 37.1. The van der Waals surface area contributed by atoms with E-state index in [-0.39, 0.29) is 30.4 Å². The van der Waals surface area contributed by atoms with Crippen LogP contribution < -0.4 is 21.3 Å². The maximum Gasteiger partial charge on any atom is 0.322 e. The zero-order chi connectivity index (χ0) is 20.4. The maximum atomic E-state index is 11.6. The SMILES string of the molecule is CCC1CCC2(CC1)NC(=O)NC2=O.O=C1NC(=O)C2(CCC(CO)CC2)N1. The second-order valence-electron chi connectivity index (χ2n) is 8.46. The molecule has 2 aliphatic heterocycles. The van der Waals surface area contributed by atoms with Crippen molar-refractivity contribution >= 4 is 23.9 Å². The van der Waals surface area contributed by atoms with Crippen molar-refractivity contribution in [3.8, 4) is 0 Å². The topological polar surface area (TPSA) is 137 Å². The number of urea groups is 2. The lowest BCUT2D eigenvalue weighted by Gasteiger charge is -2.34.